The van der Waals surface area contributed by atoms with Crippen LogP contribution >= 0.6 is 0 Å². The summed E-state index contributed by atoms with van der Waals surface area (Å²) < 4.78 is 0. The van der Waals surface area contributed by atoms with E-state index in [4.69, 9.17) is 0 Å². The minimum atomic E-state index is -0.417. The maximum Gasteiger partial charge on any atom is 0.260 e. The van der Waals surface area contributed by atoms with Gasteiger partial charge in [-0.2, -0.15) is 0 Å². The van der Waals surface area contributed by atoms with Gasteiger partial charge in [0.15, 0.2) is 0 Å². The van der Waals surface area contributed by atoms with Crippen LogP contribution in [0.5, 0.6) is 0 Å². The maximum absolute atomic E-state index is 12.2. The Morgan fingerprint density at radius 2 is 1.68 bits per heavy atom. The Hall–Kier alpha value is -3.41. The molecule has 0 radical (unpaired) electrons. The smallest absolute Gasteiger partial charge is 0.260 e. The molecule has 0 bridgehead atoms. The minimum Gasteiger partial charge on any atom is -0.386 e. The highest BCUT2D eigenvalue weighted by Gasteiger charge is 2.26. The molecule has 0 atom stereocenters. The third kappa shape index (κ3) is 4.65. The van der Waals surface area contributed by atoms with Crippen LogP contribution < -0.4 is 16.0 Å². The molecule has 3 N–H and O–H groups in total. The van der Waals surface area contributed by atoms with Gasteiger partial charge in [-0.25, -0.2) is 0 Å². The van der Waals surface area contributed by atoms with Crippen LogP contribution in [0.2, 0.25) is 0 Å². The van der Waals surface area contributed by atoms with Crippen molar-refractivity contribution in [3.05, 3.63) is 71.4 Å². The first-order valence-corrected chi connectivity index (χ1v) is 9.21. The number of hydrogen-bond acceptors (Lipinski definition) is 4. The zero-order chi connectivity index (χ0) is 20.1. The predicted octanol–water partition coefficient (Wildman–Crippen LogP) is 3.07. The summed E-state index contributed by atoms with van der Waals surface area (Å²) in [6.07, 6.45) is 2.11. The van der Waals surface area contributed by atoms with Crippen molar-refractivity contribution in [1.29, 1.82) is 0 Å². The van der Waals surface area contributed by atoms with Gasteiger partial charge in [-0.15, -0.1) is 0 Å². The lowest BCUT2D eigenvalue weighted by Crippen LogP contribution is -2.36. The molecule has 0 saturated heterocycles. The quantitative estimate of drug-likeness (QED) is 0.533. The highest BCUT2D eigenvalue weighted by atomic mass is 16.2. The van der Waals surface area contributed by atoms with E-state index in [1.807, 2.05) is 38.1 Å². The van der Waals surface area contributed by atoms with E-state index in [0.717, 1.165) is 11.3 Å². The first kappa shape index (κ1) is 19.4. The number of hydrogen-bond donors (Lipinski definition) is 3. The molecule has 28 heavy (non-hydrogen) atoms. The Labute approximate surface area is 164 Å². The number of nitrogens with one attached hydrogen (secondary N) is 3. The van der Waals surface area contributed by atoms with Crippen LogP contribution in [-0.4, -0.2) is 17.7 Å². The second kappa shape index (κ2) is 8.52. The molecule has 1 heterocycles. The van der Waals surface area contributed by atoms with Gasteiger partial charge in [0, 0.05) is 36.0 Å². The number of imide groups is 1. The fourth-order valence-electron chi connectivity index (χ4n) is 2.98. The molecule has 1 aliphatic rings. The number of carbonyl (C=O) groups is 3. The third-order valence-electron chi connectivity index (χ3n) is 4.32. The topological polar surface area (TPSA) is 87.3 Å². The van der Waals surface area contributed by atoms with E-state index in [1.165, 1.54) is 0 Å². The number of benzene rings is 2. The van der Waals surface area contributed by atoms with Crippen LogP contribution in [0.25, 0.3) is 5.57 Å². The fraction of sp³-hybridized carbons (Fsp3) is 0.227. The van der Waals surface area contributed by atoms with Gasteiger partial charge >= 0.3 is 0 Å². The molecule has 0 spiro atoms. The molecule has 2 aromatic rings. The van der Waals surface area contributed by atoms with Gasteiger partial charge in [-0.05, 0) is 29.7 Å². The summed E-state index contributed by atoms with van der Waals surface area (Å²) in [5.74, 6) is -0.483. The highest BCUT2D eigenvalue weighted by molar-refractivity contribution is 6.30. The molecule has 0 unspecified atom stereocenters. The average Bonchev–Trinajstić information content (AvgIpc) is 2.65. The minimum absolute atomic E-state index is 0.00197. The van der Waals surface area contributed by atoms with E-state index in [-0.39, 0.29) is 11.8 Å². The van der Waals surface area contributed by atoms with Crippen LogP contribution in [0, 0.1) is 5.92 Å². The number of carbonyl (C=O) groups excluding carboxylic acids is 3. The molecular formula is C22H23N3O3. The molecule has 0 fully saturated rings. The second-order valence-corrected chi connectivity index (χ2v) is 7.11. The van der Waals surface area contributed by atoms with Crippen molar-refractivity contribution >= 4 is 29.0 Å². The first-order chi connectivity index (χ1) is 13.4. The fourth-order valence-corrected chi connectivity index (χ4v) is 2.98. The summed E-state index contributed by atoms with van der Waals surface area (Å²) in [6.45, 7) is 4.51. The summed E-state index contributed by atoms with van der Waals surface area (Å²) in [4.78, 5) is 35.9. The Kier molecular flexibility index (Phi) is 5.89. The van der Waals surface area contributed by atoms with E-state index in [9.17, 15) is 14.4 Å². The Balaban J connectivity index is 1.63. The molecule has 6 heteroatoms. The van der Waals surface area contributed by atoms with Crippen molar-refractivity contribution in [3.63, 3.8) is 0 Å². The van der Waals surface area contributed by atoms with Gasteiger partial charge in [0.2, 0.25) is 5.91 Å². The third-order valence-corrected chi connectivity index (χ3v) is 4.32. The Morgan fingerprint density at radius 1 is 1.00 bits per heavy atom. The summed E-state index contributed by atoms with van der Waals surface area (Å²) in [6, 6.07) is 14.5. The van der Waals surface area contributed by atoms with E-state index >= 15 is 0 Å². The molecule has 3 rings (SSSR count). The normalized spacial score (nSPS) is 14.6. The van der Waals surface area contributed by atoms with Gasteiger partial charge in [-0.1, -0.05) is 44.2 Å². The van der Waals surface area contributed by atoms with Crippen LogP contribution in [0.1, 0.15) is 41.8 Å². The second-order valence-electron chi connectivity index (χ2n) is 7.11. The van der Waals surface area contributed by atoms with Gasteiger partial charge in [-0.3, -0.25) is 19.7 Å². The molecule has 0 saturated carbocycles. The van der Waals surface area contributed by atoms with Gasteiger partial charge in [0.1, 0.15) is 0 Å². The van der Waals surface area contributed by atoms with Crippen molar-refractivity contribution in [1.82, 2.24) is 10.6 Å². The average molecular weight is 377 g/mol. The van der Waals surface area contributed by atoms with Gasteiger partial charge in [0.25, 0.3) is 11.8 Å². The Bertz CT molecular complexity index is 930. The molecular weight excluding hydrogens is 354 g/mol. The summed E-state index contributed by atoms with van der Waals surface area (Å²) in [5, 5.41) is 8.34. The van der Waals surface area contributed by atoms with Crippen molar-refractivity contribution in [2.45, 2.75) is 26.8 Å². The number of fused-ring (bicyclic) bond motifs is 1. The summed E-state index contributed by atoms with van der Waals surface area (Å²) >= 11 is 0. The standard InChI is InChI=1S/C22H23N3O3/c1-14(2)11-20(26)24-16-9-7-15(8-10-16)12-23-13-19-17-5-3-4-6-18(17)21(27)25-22(19)28/h3-10,13-14,23H,11-12H2,1-2H3,(H,24,26)(H,25,27,28). The van der Waals surface area contributed by atoms with Gasteiger partial charge in [0.05, 0.1) is 5.57 Å². The highest BCUT2D eigenvalue weighted by Crippen LogP contribution is 2.23. The van der Waals surface area contributed by atoms with E-state index in [1.54, 1.807) is 30.5 Å². The molecule has 6 nitrogen and oxygen atoms in total. The summed E-state index contributed by atoms with van der Waals surface area (Å²) in [7, 11) is 0. The van der Waals surface area contributed by atoms with Crippen molar-refractivity contribution < 1.29 is 14.4 Å². The zero-order valence-corrected chi connectivity index (χ0v) is 15.9. The van der Waals surface area contributed by atoms with Crippen LogP contribution in [-0.2, 0) is 16.1 Å². The van der Waals surface area contributed by atoms with E-state index < -0.39 is 5.91 Å². The summed E-state index contributed by atoms with van der Waals surface area (Å²) in [5.41, 5.74) is 3.28. The Morgan fingerprint density at radius 3 is 2.36 bits per heavy atom. The SMILES string of the molecule is CC(C)CC(=O)Nc1ccc(CNC=C2C(=O)NC(=O)c3ccccc32)cc1. The lowest BCUT2D eigenvalue weighted by atomic mass is 9.96. The van der Waals surface area contributed by atoms with Crippen molar-refractivity contribution in [2.75, 3.05) is 5.32 Å². The van der Waals surface area contributed by atoms with Crippen molar-refractivity contribution in [2.24, 2.45) is 5.92 Å². The molecule has 0 aromatic heterocycles. The van der Waals surface area contributed by atoms with E-state index in [0.29, 0.717) is 35.6 Å². The molecule has 144 valence electrons. The number of rotatable bonds is 6. The van der Waals surface area contributed by atoms with Crippen LogP contribution in [0.4, 0.5) is 5.69 Å². The van der Waals surface area contributed by atoms with Crippen LogP contribution in [0.3, 0.4) is 0 Å². The monoisotopic (exact) mass is 377 g/mol. The first-order valence-electron chi connectivity index (χ1n) is 9.21. The zero-order valence-electron chi connectivity index (χ0n) is 15.9. The molecule has 1 aliphatic heterocycles. The predicted molar refractivity (Wildman–Crippen MR) is 108 cm³/mol. The maximum atomic E-state index is 12.2. The van der Waals surface area contributed by atoms with E-state index in [2.05, 4.69) is 16.0 Å². The molecule has 2 aromatic carbocycles. The lowest BCUT2D eigenvalue weighted by Gasteiger charge is -2.18. The van der Waals surface area contributed by atoms with Crippen molar-refractivity contribution in [3.8, 4) is 0 Å². The van der Waals surface area contributed by atoms with Gasteiger partial charge < -0.3 is 10.6 Å². The molecule has 0 aliphatic carbocycles. The largest absolute Gasteiger partial charge is 0.386 e. The molecule has 3 amide bonds. The van der Waals surface area contributed by atoms with Crippen LogP contribution in [0.15, 0.2) is 54.7 Å². The number of amides is 3. The number of anilines is 1. The lowest BCUT2D eigenvalue weighted by molar-refractivity contribution is -0.117.